The van der Waals surface area contributed by atoms with E-state index < -0.39 is 17.6 Å². The number of benzene rings is 1. The van der Waals surface area contributed by atoms with Crippen LogP contribution in [-0.2, 0) is 6.18 Å². The van der Waals surface area contributed by atoms with E-state index >= 15 is 0 Å². The van der Waals surface area contributed by atoms with Crippen molar-refractivity contribution in [1.29, 1.82) is 0 Å². The third-order valence-electron chi connectivity index (χ3n) is 2.82. The number of carbonyl (C=O) groups excluding carboxylic acids is 1. The Morgan fingerprint density at radius 3 is 2.55 bits per heavy atom. The van der Waals surface area contributed by atoms with E-state index in [0.29, 0.717) is 12.2 Å². The van der Waals surface area contributed by atoms with E-state index in [0.717, 1.165) is 17.9 Å². The first kappa shape index (κ1) is 16.7. The fraction of sp³-hybridized carbons (Fsp3) is 0.462. The topological polar surface area (TPSA) is 32.3 Å². The van der Waals surface area contributed by atoms with Crippen LogP contribution in [0.15, 0.2) is 18.2 Å². The third kappa shape index (κ3) is 4.06. The zero-order valence-electron chi connectivity index (χ0n) is 11.5. The molecule has 0 saturated carbocycles. The fourth-order valence-electron chi connectivity index (χ4n) is 1.65. The molecule has 1 aromatic carbocycles. The van der Waals surface area contributed by atoms with Crippen molar-refractivity contribution in [3.05, 3.63) is 29.3 Å². The number of halogens is 3. The van der Waals surface area contributed by atoms with Gasteiger partial charge in [-0.15, -0.1) is 0 Å². The summed E-state index contributed by atoms with van der Waals surface area (Å²) in [5.74, 6) is 0.310. The highest BCUT2D eigenvalue weighted by Gasteiger charge is 2.32. The Hall–Kier alpha value is -1.37. The molecule has 20 heavy (non-hydrogen) atoms. The summed E-state index contributed by atoms with van der Waals surface area (Å²) in [6.45, 7) is 0.486. The number of carbonyl (C=O) groups is 1. The lowest BCUT2D eigenvalue weighted by Crippen LogP contribution is -2.29. The Kier molecular flexibility index (Phi) is 5.74. The van der Waals surface area contributed by atoms with E-state index in [9.17, 15) is 18.0 Å². The van der Waals surface area contributed by atoms with Gasteiger partial charge in [0, 0.05) is 32.1 Å². The first-order valence-corrected chi connectivity index (χ1v) is 7.34. The van der Waals surface area contributed by atoms with Gasteiger partial charge in [0.25, 0.3) is 5.91 Å². The highest BCUT2D eigenvalue weighted by molar-refractivity contribution is 7.98. The lowest BCUT2D eigenvalue weighted by atomic mass is 10.1. The van der Waals surface area contributed by atoms with E-state index in [2.05, 4.69) is 5.32 Å². The van der Waals surface area contributed by atoms with Crippen LogP contribution in [0.1, 0.15) is 15.9 Å². The van der Waals surface area contributed by atoms with Gasteiger partial charge in [-0.2, -0.15) is 24.9 Å². The van der Waals surface area contributed by atoms with Crippen LogP contribution in [0.2, 0.25) is 0 Å². The number of hydrogen-bond acceptors (Lipinski definition) is 3. The second kappa shape index (κ2) is 6.88. The normalized spacial score (nSPS) is 11.3. The monoisotopic (exact) mass is 306 g/mol. The van der Waals surface area contributed by atoms with Crippen molar-refractivity contribution in [2.45, 2.75) is 6.18 Å². The molecule has 1 N–H and O–H groups in total. The molecule has 0 aliphatic rings. The molecule has 0 aliphatic heterocycles. The van der Waals surface area contributed by atoms with Gasteiger partial charge < -0.3 is 10.2 Å². The number of rotatable bonds is 5. The SMILES string of the molecule is CNc1ccc(C(F)(F)F)cc1C(=O)N(C)CCSC. The Bertz CT molecular complexity index is 477. The molecule has 1 aromatic rings. The van der Waals surface area contributed by atoms with Gasteiger partial charge in [-0.05, 0) is 24.5 Å². The third-order valence-corrected chi connectivity index (χ3v) is 3.41. The van der Waals surface area contributed by atoms with Crippen molar-refractivity contribution in [3.63, 3.8) is 0 Å². The highest BCUT2D eigenvalue weighted by Crippen LogP contribution is 2.32. The summed E-state index contributed by atoms with van der Waals surface area (Å²) in [4.78, 5) is 13.6. The smallest absolute Gasteiger partial charge is 0.387 e. The van der Waals surface area contributed by atoms with Crippen LogP contribution in [0, 0.1) is 0 Å². The molecule has 0 aromatic heterocycles. The van der Waals surface area contributed by atoms with Crippen LogP contribution in [0.3, 0.4) is 0 Å². The van der Waals surface area contributed by atoms with E-state index in [1.54, 1.807) is 25.9 Å². The van der Waals surface area contributed by atoms with Crippen LogP contribution in [-0.4, -0.2) is 43.5 Å². The molecule has 7 heteroatoms. The van der Waals surface area contributed by atoms with E-state index in [1.165, 1.54) is 11.0 Å². The van der Waals surface area contributed by atoms with Crippen LogP contribution in [0.4, 0.5) is 18.9 Å². The highest BCUT2D eigenvalue weighted by atomic mass is 32.2. The average molecular weight is 306 g/mol. The van der Waals surface area contributed by atoms with Crippen LogP contribution in [0.5, 0.6) is 0 Å². The van der Waals surface area contributed by atoms with Crippen molar-refractivity contribution in [2.75, 3.05) is 38.0 Å². The predicted molar refractivity (Wildman–Crippen MR) is 76.3 cm³/mol. The number of alkyl halides is 3. The summed E-state index contributed by atoms with van der Waals surface area (Å²) in [6, 6.07) is 3.13. The standard InChI is InChI=1S/C13H17F3N2OS/c1-17-11-5-4-9(13(14,15)16)8-10(11)12(19)18(2)6-7-20-3/h4-5,8,17H,6-7H2,1-3H3. The molecule has 0 unspecified atom stereocenters. The number of thioether (sulfide) groups is 1. The van der Waals surface area contributed by atoms with E-state index in [4.69, 9.17) is 0 Å². The van der Waals surface area contributed by atoms with Crippen LogP contribution in [0.25, 0.3) is 0 Å². The molecule has 1 rings (SSSR count). The molecule has 0 fully saturated rings. The summed E-state index contributed by atoms with van der Waals surface area (Å²) in [6.07, 6.45) is -2.55. The number of nitrogens with zero attached hydrogens (tertiary/aromatic N) is 1. The Labute approximate surface area is 120 Å². The van der Waals surface area contributed by atoms with Gasteiger partial charge in [-0.1, -0.05) is 0 Å². The molecule has 0 atom stereocenters. The fourth-order valence-corrected chi connectivity index (χ4v) is 2.11. The molecule has 1 amide bonds. The lowest BCUT2D eigenvalue weighted by Gasteiger charge is -2.19. The van der Waals surface area contributed by atoms with Crippen LogP contribution < -0.4 is 5.32 Å². The zero-order valence-corrected chi connectivity index (χ0v) is 12.4. The van der Waals surface area contributed by atoms with Gasteiger partial charge in [0.05, 0.1) is 11.1 Å². The molecule has 0 spiro atoms. The first-order chi connectivity index (χ1) is 9.31. The Balaban J connectivity index is 3.10. The number of anilines is 1. The quantitative estimate of drug-likeness (QED) is 0.907. The summed E-state index contributed by atoms with van der Waals surface area (Å²) >= 11 is 1.57. The molecule has 0 heterocycles. The predicted octanol–water partition coefficient (Wildman–Crippen LogP) is 3.18. The number of hydrogen-bond donors (Lipinski definition) is 1. The molecular weight excluding hydrogens is 289 g/mol. The number of nitrogens with one attached hydrogen (secondary N) is 1. The minimum absolute atomic E-state index is 0.0333. The van der Waals surface area contributed by atoms with Crippen molar-refractivity contribution in [2.24, 2.45) is 0 Å². The largest absolute Gasteiger partial charge is 0.416 e. The Morgan fingerprint density at radius 2 is 2.05 bits per heavy atom. The van der Waals surface area contributed by atoms with Gasteiger partial charge in [0.2, 0.25) is 0 Å². The summed E-state index contributed by atoms with van der Waals surface area (Å²) < 4.78 is 38.2. The molecule has 0 bridgehead atoms. The molecule has 0 aliphatic carbocycles. The lowest BCUT2D eigenvalue weighted by molar-refractivity contribution is -0.137. The van der Waals surface area contributed by atoms with Crippen molar-refractivity contribution in [3.8, 4) is 0 Å². The molecule has 112 valence electrons. The molecule has 0 radical (unpaired) electrons. The van der Waals surface area contributed by atoms with E-state index in [1.807, 2.05) is 6.26 Å². The minimum Gasteiger partial charge on any atom is -0.387 e. The van der Waals surface area contributed by atoms with Crippen molar-refractivity contribution in [1.82, 2.24) is 4.90 Å². The van der Waals surface area contributed by atoms with Crippen molar-refractivity contribution >= 4 is 23.4 Å². The second-order valence-corrected chi connectivity index (χ2v) is 5.21. The van der Waals surface area contributed by atoms with Crippen LogP contribution >= 0.6 is 11.8 Å². The first-order valence-electron chi connectivity index (χ1n) is 5.94. The van der Waals surface area contributed by atoms with Crippen molar-refractivity contribution < 1.29 is 18.0 Å². The second-order valence-electron chi connectivity index (χ2n) is 4.23. The minimum atomic E-state index is -4.46. The summed E-state index contributed by atoms with van der Waals surface area (Å²) in [5.41, 5.74) is -0.400. The average Bonchev–Trinajstić information content (AvgIpc) is 2.42. The van der Waals surface area contributed by atoms with Gasteiger partial charge in [-0.3, -0.25) is 4.79 Å². The zero-order chi connectivity index (χ0) is 15.3. The maximum Gasteiger partial charge on any atom is 0.416 e. The molecule has 3 nitrogen and oxygen atoms in total. The molecular formula is C13H17F3N2OS. The van der Waals surface area contributed by atoms with Gasteiger partial charge >= 0.3 is 6.18 Å². The van der Waals surface area contributed by atoms with Gasteiger partial charge in [0.15, 0.2) is 0 Å². The summed E-state index contributed by atoms with van der Waals surface area (Å²) in [5, 5.41) is 2.75. The maximum absolute atomic E-state index is 12.7. The summed E-state index contributed by atoms with van der Waals surface area (Å²) in [7, 11) is 3.15. The maximum atomic E-state index is 12.7. The van der Waals surface area contributed by atoms with Gasteiger partial charge in [-0.25, -0.2) is 0 Å². The molecule has 0 saturated heterocycles. The van der Waals surface area contributed by atoms with E-state index in [-0.39, 0.29) is 5.56 Å². The van der Waals surface area contributed by atoms with Gasteiger partial charge in [0.1, 0.15) is 0 Å². The Morgan fingerprint density at radius 1 is 1.40 bits per heavy atom. The number of amides is 1.